The molecule has 0 unspecified atom stereocenters. The molecule has 0 bridgehead atoms. The van der Waals surface area contributed by atoms with E-state index in [9.17, 15) is 17.2 Å². The van der Waals surface area contributed by atoms with Crippen LogP contribution in [0.5, 0.6) is 0 Å². The summed E-state index contributed by atoms with van der Waals surface area (Å²) in [5, 5.41) is 3.06. The number of nitrogens with one attached hydrogen (secondary N) is 1. The predicted molar refractivity (Wildman–Crippen MR) is 71.7 cm³/mol. The Morgan fingerprint density at radius 1 is 1.20 bits per heavy atom. The fourth-order valence-corrected chi connectivity index (χ4v) is 3.09. The number of halogens is 2. The molecule has 0 saturated carbocycles. The summed E-state index contributed by atoms with van der Waals surface area (Å²) in [5.41, 5.74) is 0.236. The van der Waals surface area contributed by atoms with Crippen molar-refractivity contribution in [2.24, 2.45) is 0 Å². The van der Waals surface area contributed by atoms with Crippen LogP contribution in [0, 0.1) is 0 Å². The Bertz CT molecular complexity index is 540. The zero-order chi connectivity index (χ0) is 14.6. The van der Waals surface area contributed by atoms with Gasteiger partial charge in [-0.25, -0.2) is 8.42 Å². The molecule has 1 aromatic rings. The first-order valence-electron chi connectivity index (χ1n) is 6.47. The van der Waals surface area contributed by atoms with Gasteiger partial charge >= 0.3 is 5.76 Å². The van der Waals surface area contributed by atoms with Gasteiger partial charge in [-0.15, -0.1) is 0 Å². The molecule has 0 aromatic heterocycles. The van der Waals surface area contributed by atoms with E-state index in [1.165, 1.54) is 18.2 Å². The van der Waals surface area contributed by atoms with Gasteiger partial charge in [0, 0.05) is 19.3 Å². The third-order valence-electron chi connectivity index (χ3n) is 3.24. The number of ether oxygens (including phenoxy) is 1. The van der Waals surface area contributed by atoms with Gasteiger partial charge < -0.3 is 10.1 Å². The van der Waals surface area contributed by atoms with E-state index in [0.29, 0.717) is 13.2 Å². The third-order valence-corrected chi connectivity index (χ3v) is 4.68. The number of benzene rings is 1. The van der Waals surface area contributed by atoms with Gasteiger partial charge in [0.25, 0.3) is 0 Å². The van der Waals surface area contributed by atoms with E-state index in [1.807, 2.05) is 0 Å². The minimum Gasteiger partial charge on any atom is -0.381 e. The molecule has 0 aliphatic carbocycles. The summed E-state index contributed by atoms with van der Waals surface area (Å²) in [6.07, 6.45) is 2.41. The molecule has 1 heterocycles. The Morgan fingerprint density at radius 3 is 2.70 bits per heavy atom. The van der Waals surface area contributed by atoms with Crippen LogP contribution in [0.2, 0.25) is 0 Å². The molecule has 1 aliphatic rings. The summed E-state index contributed by atoms with van der Waals surface area (Å²) < 4.78 is 54.0. The summed E-state index contributed by atoms with van der Waals surface area (Å²) in [6.45, 7) is 1.26. The average molecular weight is 305 g/mol. The number of sulfone groups is 1. The van der Waals surface area contributed by atoms with Gasteiger partial charge in [0.15, 0.2) is 0 Å². The van der Waals surface area contributed by atoms with E-state index >= 15 is 0 Å². The number of para-hydroxylation sites is 1. The molecule has 7 heteroatoms. The van der Waals surface area contributed by atoms with Crippen LogP contribution in [0.15, 0.2) is 29.2 Å². The molecule has 20 heavy (non-hydrogen) atoms. The highest BCUT2D eigenvalue weighted by Crippen LogP contribution is 2.27. The summed E-state index contributed by atoms with van der Waals surface area (Å²) in [6, 6.07) is 5.82. The molecule has 1 N–H and O–H groups in total. The Labute approximate surface area is 117 Å². The Balaban J connectivity index is 2.24. The van der Waals surface area contributed by atoms with Crippen molar-refractivity contribution >= 4 is 15.5 Å². The predicted octanol–water partition coefficient (Wildman–Crippen LogP) is 2.66. The van der Waals surface area contributed by atoms with E-state index in [0.717, 1.165) is 19.3 Å². The van der Waals surface area contributed by atoms with Gasteiger partial charge in [0.1, 0.15) is 0 Å². The Hall–Kier alpha value is -1.21. The van der Waals surface area contributed by atoms with E-state index in [4.69, 9.17) is 4.74 Å². The van der Waals surface area contributed by atoms with Crippen molar-refractivity contribution in [3.8, 4) is 0 Å². The third kappa shape index (κ3) is 3.46. The van der Waals surface area contributed by atoms with Crippen molar-refractivity contribution in [3.05, 3.63) is 24.3 Å². The molecule has 1 aromatic carbocycles. The SMILES string of the molecule is O=S(=O)(c1ccccc1N[C@H]1CCCOCC1)C(F)F. The van der Waals surface area contributed by atoms with E-state index < -0.39 is 15.6 Å². The lowest BCUT2D eigenvalue weighted by atomic mass is 10.1. The van der Waals surface area contributed by atoms with Crippen LogP contribution in [0.1, 0.15) is 19.3 Å². The highest BCUT2D eigenvalue weighted by Gasteiger charge is 2.29. The lowest BCUT2D eigenvalue weighted by Gasteiger charge is -2.19. The second-order valence-electron chi connectivity index (χ2n) is 4.69. The number of hydrogen-bond donors (Lipinski definition) is 1. The topological polar surface area (TPSA) is 55.4 Å². The van der Waals surface area contributed by atoms with Crippen molar-refractivity contribution in [1.29, 1.82) is 0 Å². The number of anilines is 1. The van der Waals surface area contributed by atoms with Gasteiger partial charge in [0.2, 0.25) is 9.84 Å². The van der Waals surface area contributed by atoms with Gasteiger partial charge in [-0.1, -0.05) is 12.1 Å². The maximum Gasteiger partial charge on any atom is 0.341 e. The second-order valence-corrected chi connectivity index (χ2v) is 6.57. The first kappa shape index (κ1) is 15.2. The van der Waals surface area contributed by atoms with Gasteiger partial charge in [-0.05, 0) is 31.4 Å². The molecule has 4 nitrogen and oxygen atoms in total. The number of rotatable bonds is 4. The normalized spacial score (nSPS) is 20.6. The first-order valence-corrected chi connectivity index (χ1v) is 8.02. The molecule has 0 radical (unpaired) electrons. The van der Waals surface area contributed by atoms with E-state index in [-0.39, 0.29) is 16.6 Å². The van der Waals surface area contributed by atoms with Crippen molar-refractivity contribution in [3.63, 3.8) is 0 Å². The number of alkyl halides is 2. The van der Waals surface area contributed by atoms with Gasteiger partial charge in [-0.2, -0.15) is 8.78 Å². The lowest BCUT2D eigenvalue weighted by molar-refractivity contribution is 0.144. The zero-order valence-electron chi connectivity index (χ0n) is 10.9. The minimum absolute atomic E-state index is 0.0338. The lowest BCUT2D eigenvalue weighted by Crippen LogP contribution is -2.22. The standard InChI is InChI=1S/C13H17F2NO3S/c14-13(15)20(17,18)12-6-2-1-5-11(12)16-10-4-3-8-19-9-7-10/h1-2,5-6,10,13,16H,3-4,7-9H2/t10-/m0/s1. The van der Waals surface area contributed by atoms with Crippen LogP contribution in [0.4, 0.5) is 14.5 Å². The van der Waals surface area contributed by atoms with Crippen molar-refractivity contribution in [2.45, 2.75) is 36.0 Å². The molecule has 112 valence electrons. The largest absolute Gasteiger partial charge is 0.381 e. The smallest absolute Gasteiger partial charge is 0.341 e. The van der Waals surface area contributed by atoms with Gasteiger partial charge in [-0.3, -0.25) is 0 Å². The van der Waals surface area contributed by atoms with Crippen molar-refractivity contribution < 1.29 is 21.9 Å². The van der Waals surface area contributed by atoms with Crippen LogP contribution in [-0.4, -0.2) is 33.4 Å². The first-order chi connectivity index (χ1) is 9.51. The molecular weight excluding hydrogens is 288 g/mol. The highest BCUT2D eigenvalue weighted by atomic mass is 32.2. The summed E-state index contributed by atoms with van der Waals surface area (Å²) in [4.78, 5) is -0.347. The minimum atomic E-state index is -4.59. The molecular formula is C13H17F2NO3S. The average Bonchev–Trinajstić information content (AvgIpc) is 2.67. The Kier molecular flexibility index (Phi) is 4.93. The summed E-state index contributed by atoms with van der Waals surface area (Å²) in [5.74, 6) is -3.41. The zero-order valence-corrected chi connectivity index (χ0v) is 11.7. The molecule has 1 fully saturated rings. The van der Waals surface area contributed by atoms with E-state index in [2.05, 4.69) is 5.32 Å². The number of hydrogen-bond acceptors (Lipinski definition) is 4. The van der Waals surface area contributed by atoms with Crippen molar-refractivity contribution in [2.75, 3.05) is 18.5 Å². The molecule has 1 saturated heterocycles. The van der Waals surface area contributed by atoms with Crippen LogP contribution in [-0.2, 0) is 14.6 Å². The van der Waals surface area contributed by atoms with Crippen LogP contribution >= 0.6 is 0 Å². The summed E-state index contributed by atoms with van der Waals surface area (Å²) >= 11 is 0. The van der Waals surface area contributed by atoms with Crippen molar-refractivity contribution in [1.82, 2.24) is 0 Å². The summed E-state index contributed by atoms with van der Waals surface area (Å²) in [7, 11) is -4.59. The highest BCUT2D eigenvalue weighted by molar-refractivity contribution is 7.91. The maximum absolute atomic E-state index is 12.7. The fraction of sp³-hybridized carbons (Fsp3) is 0.538. The van der Waals surface area contributed by atoms with E-state index in [1.54, 1.807) is 6.07 Å². The molecule has 0 spiro atoms. The molecule has 0 amide bonds. The van der Waals surface area contributed by atoms with Crippen LogP contribution in [0.25, 0.3) is 0 Å². The monoisotopic (exact) mass is 305 g/mol. The fourth-order valence-electron chi connectivity index (χ4n) is 2.20. The maximum atomic E-state index is 12.7. The second kappa shape index (κ2) is 6.49. The van der Waals surface area contributed by atoms with Crippen LogP contribution in [0.3, 0.4) is 0 Å². The molecule has 1 atom stereocenters. The van der Waals surface area contributed by atoms with Crippen LogP contribution < -0.4 is 5.32 Å². The Morgan fingerprint density at radius 2 is 1.95 bits per heavy atom. The molecule has 1 aliphatic heterocycles. The van der Waals surface area contributed by atoms with Gasteiger partial charge in [0.05, 0.1) is 10.6 Å². The quantitative estimate of drug-likeness (QED) is 0.929. The molecule has 2 rings (SSSR count).